The second kappa shape index (κ2) is 5.07. The number of aromatic nitrogens is 2. The number of rotatable bonds is 2. The average molecular weight is 297 g/mol. The lowest BCUT2D eigenvalue weighted by atomic mass is 10.1. The highest BCUT2D eigenvalue weighted by molar-refractivity contribution is 5.56. The van der Waals surface area contributed by atoms with Gasteiger partial charge < -0.3 is 14.6 Å². The SMILES string of the molecule is OCc1ccc(N2CCn3ccnc3C2)c(C(F)(F)F)c1. The summed E-state index contributed by atoms with van der Waals surface area (Å²) in [5, 5.41) is 9.04. The molecule has 1 N–H and O–H groups in total. The highest BCUT2D eigenvalue weighted by Crippen LogP contribution is 2.38. The van der Waals surface area contributed by atoms with Crippen molar-refractivity contribution in [3.8, 4) is 0 Å². The molecule has 0 fully saturated rings. The van der Waals surface area contributed by atoms with E-state index >= 15 is 0 Å². The van der Waals surface area contributed by atoms with E-state index in [0.717, 1.165) is 11.9 Å². The second-order valence-electron chi connectivity index (χ2n) is 4.97. The first-order chi connectivity index (χ1) is 9.99. The Morgan fingerprint density at radius 1 is 1.24 bits per heavy atom. The Balaban J connectivity index is 1.99. The van der Waals surface area contributed by atoms with Crippen molar-refractivity contribution >= 4 is 5.69 Å². The fourth-order valence-corrected chi connectivity index (χ4v) is 2.56. The van der Waals surface area contributed by atoms with Gasteiger partial charge in [-0.2, -0.15) is 13.2 Å². The van der Waals surface area contributed by atoms with Crippen LogP contribution >= 0.6 is 0 Å². The monoisotopic (exact) mass is 297 g/mol. The molecule has 21 heavy (non-hydrogen) atoms. The van der Waals surface area contributed by atoms with Crippen LogP contribution in [0.4, 0.5) is 18.9 Å². The Hall–Kier alpha value is -2.02. The molecule has 0 saturated heterocycles. The lowest BCUT2D eigenvalue weighted by Gasteiger charge is -2.31. The molecule has 112 valence electrons. The van der Waals surface area contributed by atoms with Crippen LogP contribution in [0.5, 0.6) is 0 Å². The summed E-state index contributed by atoms with van der Waals surface area (Å²) in [5.74, 6) is 0.751. The van der Waals surface area contributed by atoms with Gasteiger partial charge in [-0.05, 0) is 17.7 Å². The summed E-state index contributed by atoms with van der Waals surface area (Å²) in [6, 6.07) is 3.95. The van der Waals surface area contributed by atoms with E-state index in [2.05, 4.69) is 4.98 Å². The van der Waals surface area contributed by atoms with Gasteiger partial charge in [0.15, 0.2) is 0 Å². The number of fused-ring (bicyclic) bond motifs is 1. The van der Waals surface area contributed by atoms with Crippen LogP contribution in [0.3, 0.4) is 0 Å². The van der Waals surface area contributed by atoms with Crippen molar-refractivity contribution in [2.75, 3.05) is 11.4 Å². The molecule has 0 amide bonds. The third-order valence-corrected chi connectivity index (χ3v) is 3.63. The zero-order valence-electron chi connectivity index (χ0n) is 11.1. The third-order valence-electron chi connectivity index (χ3n) is 3.63. The average Bonchev–Trinajstić information content (AvgIpc) is 2.93. The molecule has 0 saturated carbocycles. The van der Waals surface area contributed by atoms with E-state index in [4.69, 9.17) is 5.11 Å². The number of hydrogen-bond acceptors (Lipinski definition) is 3. The smallest absolute Gasteiger partial charge is 0.392 e. The maximum atomic E-state index is 13.2. The molecule has 1 aromatic heterocycles. The number of anilines is 1. The third kappa shape index (κ3) is 2.61. The van der Waals surface area contributed by atoms with E-state index in [1.165, 1.54) is 12.1 Å². The van der Waals surface area contributed by atoms with Gasteiger partial charge >= 0.3 is 6.18 Å². The minimum absolute atomic E-state index is 0.133. The summed E-state index contributed by atoms with van der Waals surface area (Å²) >= 11 is 0. The number of hydrogen-bond donors (Lipinski definition) is 1. The van der Waals surface area contributed by atoms with Gasteiger partial charge in [-0.1, -0.05) is 6.07 Å². The summed E-state index contributed by atoms with van der Waals surface area (Å²) in [5.41, 5.74) is -0.326. The van der Waals surface area contributed by atoms with E-state index < -0.39 is 18.3 Å². The van der Waals surface area contributed by atoms with Gasteiger partial charge in [0, 0.05) is 31.2 Å². The molecule has 0 spiro atoms. The van der Waals surface area contributed by atoms with Crippen LogP contribution in [0.25, 0.3) is 0 Å². The molecule has 0 bridgehead atoms. The Bertz CT molecular complexity index is 651. The number of nitrogens with zero attached hydrogens (tertiary/aromatic N) is 3. The lowest BCUT2D eigenvalue weighted by molar-refractivity contribution is -0.137. The number of halogens is 3. The van der Waals surface area contributed by atoms with Crippen LogP contribution in [0, 0.1) is 0 Å². The minimum atomic E-state index is -4.45. The van der Waals surface area contributed by atoms with E-state index in [9.17, 15) is 13.2 Å². The van der Waals surface area contributed by atoms with Crippen molar-refractivity contribution in [2.45, 2.75) is 25.9 Å². The molecule has 1 aliphatic heterocycles. The van der Waals surface area contributed by atoms with Crippen molar-refractivity contribution in [3.63, 3.8) is 0 Å². The first-order valence-corrected chi connectivity index (χ1v) is 6.55. The number of alkyl halides is 3. The van der Waals surface area contributed by atoms with Crippen molar-refractivity contribution in [1.29, 1.82) is 0 Å². The van der Waals surface area contributed by atoms with Crippen LogP contribution in [0.1, 0.15) is 17.0 Å². The van der Waals surface area contributed by atoms with Gasteiger partial charge in [-0.25, -0.2) is 4.98 Å². The van der Waals surface area contributed by atoms with Gasteiger partial charge in [0.1, 0.15) is 5.82 Å². The first-order valence-electron chi connectivity index (χ1n) is 6.55. The fraction of sp³-hybridized carbons (Fsp3) is 0.357. The predicted molar refractivity (Wildman–Crippen MR) is 70.6 cm³/mol. The van der Waals surface area contributed by atoms with Crippen LogP contribution in [0.15, 0.2) is 30.6 Å². The highest BCUT2D eigenvalue weighted by Gasteiger charge is 2.35. The molecule has 1 aliphatic rings. The van der Waals surface area contributed by atoms with Crippen molar-refractivity contribution in [2.24, 2.45) is 0 Å². The van der Waals surface area contributed by atoms with Crippen molar-refractivity contribution in [1.82, 2.24) is 9.55 Å². The first kappa shape index (κ1) is 13.9. The van der Waals surface area contributed by atoms with Crippen LogP contribution in [-0.2, 0) is 25.9 Å². The highest BCUT2D eigenvalue weighted by atomic mass is 19.4. The van der Waals surface area contributed by atoms with E-state index in [0.29, 0.717) is 19.6 Å². The Morgan fingerprint density at radius 3 is 2.76 bits per heavy atom. The van der Waals surface area contributed by atoms with Crippen LogP contribution < -0.4 is 4.90 Å². The maximum Gasteiger partial charge on any atom is 0.418 e. The molecule has 7 heteroatoms. The molecule has 4 nitrogen and oxygen atoms in total. The Kier molecular flexibility index (Phi) is 3.36. The summed E-state index contributed by atoms with van der Waals surface area (Å²) in [4.78, 5) is 5.83. The Labute approximate surface area is 119 Å². The topological polar surface area (TPSA) is 41.3 Å². The van der Waals surface area contributed by atoms with E-state index in [1.54, 1.807) is 11.1 Å². The number of imidazole rings is 1. The van der Waals surface area contributed by atoms with Gasteiger partial charge in [0.25, 0.3) is 0 Å². The van der Waals surface area contributed by atoms with Crippen LogP contribution in [-0.4, -0.2) is 21.2 Å². The molecule has 1 aromatic carbocycles. The number of aliphatic hydroxyl groups is 1. The summed E-state index contributed by atoms with van der Waals surface area (Å²) in [6.45, 7) is 1.03. The zero-order valence-corrected chi connectivity index (χ0v) is 11.1. The summed E-state index contributed by atoms with van der Waals surface area (Å²) in [7, 11) is 0. The summed E-state index contributed by atoms with van der Waals surface area (Å²) in [6.07, 6.45) is -0.974. The predicted octanol–water partition coefficient (Wildman–Crippen LogP) is 2.41. The maximum absolute atomic E-state index is 13.2. The molecular formula is C14H14F3N3O. The molecule has 2 heterocycles. The number of benzene rings is 1. The molecule has 0 aliphatic carbocycles. The van der Waals surface area contributed by atoms with Gasteiger partial charge in [-0.15, -0.1) is 0 Å². The quantitative estimate of drug-likeness (QED) is 0.925. The van der Waals surface area contributed by atoms with Crippen molar-refractivity contribution < 1.29 is 18.3 Å². The molecule has 3 rings (SSSR count). The standard InChI is InChI=1S/C14H14F3N3O/c15-14(16,17)11-7-10(9-21)1-2-12(11)20-6-5-19-4-3-18-13(19)8-20/h1-4,7,21H,5-6,8-9H2. The van der Waals surface area contributed by atoms with E-state index in [-0.39, 0.29) is 11.3 Å². The Morgan fingerprint density at radius 2 is 2.05 bits per heavy atom. The lowest BCUT2D eigenvalue weighted by Crippen LogP contribution is -2.35. The van der Waals surface area contributed by atoms with Crippen LogP contribution in [0.2, 0.25) is 0 Å². The second-order valence-corrected chi connectivity index (χ2v) is 4.97. The normalized spacial score (nSPS) is 15.1. The molecular weight excluding hydrogens is 283 g/mol. The van der Waals surface area contributed by atoms with Crippen molar-refractivity contribution in [3.05, 3.63) is 47.5 Å². The molecule has 0 unspecified atom stereocenters. The number of aliphatic hydroxyl groups excluding tert-OH is 1. The molecule has 0 atom stereocenters. The zero-order chi connectivity index (χ0) is 15.0. The minimum Gasteiger partial charge on any atom is -0.392 e. The van der Waals surface area contributed by atoms with Gasteiger partial charge in [-0.3, -0.25) is 0 Å². The largest absolute Gasteiger partial charge is 0.418 e. The fourth-order valence-electron chi connectivity index (χ4n) is 2.56. The van der Waals surface area contributed by atoms with Gasteiger partial charge in [0.2, 0.25) is 0 Å². The summed E-state index contributed by atoms with van der Waals surface area (Å²) < 4.78 is 41.6. The van der Waals surface area contributed by atoms with Gasteiger partial charge in [0.05, 0.1) is 18.7 Å². The van der Waals surface area contributed by atoms with E-state index in [1.807, 2.05) is 10.8 Å². The molecule has 0 radical (unpaired) electrons. The molecule has 2 aromatic rings.